The number of carbonyl (C=O) groups is 1. The molecule has 17 heavy (non-hydrogen) atoms. The quantitative estimate of drug-likeness (QED) is 0.853. The monoisotopic (exact) mass is 318 g/mol. The second-order valence-corrected chi connectivity index (χ2v) is 5.17. The van der Waals surface area contributed by atoms with Gasteiger partial charge in [-0.05, 0) is 35.3 Å². The van der Waals surface area contributed by atoms with Gasteiger partial charge in [0.1, 0.15) is 5.15 Å². The van der Waals surface area contributed by atoms with Crippen LogP contribution in [0.4, 0.5) is 5.69 Å². The van der Waals surface area contributed by atoms with E-state index in [1.807, 2.05) is 6.92 Å². The van der Waals surface area contributed by atoms with Gasteiger partial charge in [0.15, 0.2) is 0 Å². The molecule has 1 saturated heterocycles. The predicted molar refractivity (Wildman–Crippen MR) is 69.1 cm³/mol. The van der Waals surface area contributed by atoms with E-state index in [-0.39, 0.29) is 17.9 Å². The molecule has 1 aliphatic heterocycles. The van der Waals surface area contributed by atoms with E-state index < -0.39 is 0 Å². The van der Waals surface area contributed by atoms with Gasteiger partial charge in [-0.3, -0.25) is 4.79 Å². The molecule has 0 radical (unpaired) electrons. The van der Waals surface area contributed by atoms with Crippen molar-refractivity contribution in [2.75, 3.05) is 11.9 Å². The SMILES string of the molecule is CC1OCCC1C(=O)Nc1cnc(Cl)c(Br)c1. The second kappa shape index (κ2) is 5.33. The lowest BCUT2D eigenvalue weighted by molar-refractivity contribution is -0.121. The van der Waals surface area contributed by atoms with Crippen LogP contribution in [0, 0.1) is 5.92 Å². The van der Waals surface area contributed by atoms with Crippen LogP contribution < -0.4 is 5.32 Å². The van der Waals surface area contributed by atoms with Gasteiger partial charge in [-0.2, -0.15) is 0 Å². The molecule has 0 saturated carbocycles. The standard InChI is InChI=1S/C11H12BrClN2O2/c1-6-8(2-3-17-6)11(16)15-7-4-9(12)10(13)14-5-7/h4-6,8H,2-3H2,1H3,(H,15,16). The van der Waals surface area contributed by atoms with Crippen molar-refractivity contribution >= 4 is 39.1 Å². The third kappa shape index (κ3) is 2.97. The third-order valence-corrected chi connectivity index (χ3v) is 3.91. The van der Waals surface area contributed by atoms with Gasteiger partial charge in [0.2, 0.25) is 5.91 Å². The Labute approximate surface area is 113 Å². The van der Waals surface area contributed by atoms with Crippen molar-refractivity contribution in [3.8, 4) is 0 Å². The molecule has 1 fully saturated rings. The van der Waals surface area contributed by atoms with E-state index in [4.69, 9.17) is 16.3 Å². The Bertz CT molecular complexity index is 441. The van der Waals surface area contributed by atoms with Crippen LogP contribution in [0.5, 0.6) is 0 Å². The highest BCUT2D eigenvalue weighted by Crippen LogP contribution is 2.25. The molecule has 1 aromatic rings. The first kappa shape index (κ1) is 12.8. The van der Waals surface area contributed by atoms with E-state index in [0.717, 1.165) is 6.42 Å². The summed E-state index contributed by atoms with van der Waals surface area (Å²) in [7, 11) is 0. The van der Waals surface area contributed by atoms with E-state index in [9.17, 15) is 4.79 Å². The fraction of sp³-hybridized carbons (Fsp3) is 0.455. The maximum absolute atomic E-state index is 12.0. The fourth-order valence-electron chi connectivity index (χ4n) is 1.80. The van der Waals surface area contributed by atoms with Gasteiger partial charge in [-0.1, -0.05) is 11.6 Å². The molecule has 0 spiro atoms. The van der Waals surface area contributed by atoms with Crippen LogP contribution in [0.2, 0.25) is 5.15 Å². The van der Waals surface area contributed by atoms with E-state index in [2.05, 4.69) is 26.2 Å². The maximum Gasteiger partial charge on any atom is 0.230 e. The van der Waals surface area contributed by atoms with Gasteiger partial charge in [-0.25, -0.2) is 4.98 Å². The van der Waals surface area contributed by atoms with Gasteiger partial charge in [-0.15, -0.1) is 0 Å². The first-order chi connectivity index (χ1) is 8.08. The summed E-state index contributed by atoms with van der Waals surface area (Å²) in [6.45, 7) is 2.55. The molecule has 1 N–H and O–H groups in total. The minimum atomic E-state index is -0.0931. The third-order valence-electron chi connectivity index (χ3n) is 2.78. The zero-order valence-electron chi connectivity index (χ0n) is 9.24. The number of anilines is 1. The molecule has 4 nitrogen and oxygen atoms in total. The number of nitrogens with zero attached hydrogens (tertiary/aromatic N) is 1. The lowest BCUT2D eigenvalue weighted by Gasteiger charge is -2.14. The number of hydrogen-bond acceptors (Lipinski definition) is 3. The number of aromatic nitrogens is 1. The highest BCUT2D eigenvalue weighted by molar-refractivity contribution is 9.10. The average Bonchev–Trinajstić information content (AvgIpc) is 2.70. The van der Waals surface area contributed by atoms with Gasteiger partial charge >= 0.3 is 0 Å². The normalized spacial score (nSPS) is 23.7. The molecule has 2 rings (SSSR count). The van der Waals surface area contributed by atoms with E-state index >= 15 is 0 Å². The lowest BCUT2D eigenvalue weighted by Crippen LogP contribution is -2.27. The summed E-state index contributed by atoms with van der Waals surface area (Å²) < 4.78 is 6.02. The van der Waals surface area contributed by atoms with Crippen LogP contribution in [0.25, 0.3) is 0 Å². The predicted octanol–water partition coefficient (Wildman–Crippen LogP) is 2.86. The number of halogens is 2. The average molecular weight is 320 g/mol. The van der Waals surface area contributed by atoms with E-state index in [1.54, 1.807) is 6.07 Å². The number of ether oxygens (including phenoxy) is 1. The van der Waals surface area contributed by atoms with Gasteiger partial charge in [0.05, 0.1) is 28.4 Å². The lowest BCUT2D eigenvalue weighted by atomic mass is 10.0. The summed E-state index contributed by atoms with van der Waals surface area (Å²) in [5.74, 6) is -0.129. The Morgan fingerprint density at radius 1 is 1.71 bits per heavy atom. The Kier molecular flexibility index (Phi) is 4.01. The van der Waals surface area contributed by atoms with Crippen molar-refractivity contribution in [1.82, 2.24) is 4.98 Å². The Morgan fingerprint density at radius 2 is 2.47 bits per heavy atom. The van der Waals surface area contributed by atoms with Crippen molar-refractivity contribution in [3.05, 3.63) is 21.9 Å². The molecule has 6 heteroatoms. The molecular weight excluding hydrogens is 307 g/mol. The molecule has 0 aromatic carbocycles. The molecule has 2 heterocycles. The zero-order chi connectivity index (χ0) is 12.4. The van der Waals surface area contributed by atoms with Crippen molar-refractivity contribution in [1.29, 1.82) is 0 Å². The van der Waals surface area contributed by atoms with Crippen molar-refractivity contribution in [2.24, 2.45) is 5.92 Å². The molecular formula is C11H12BrClN2O2. The number of hydrogen-bond donors (Lipinski definition) is 1. The number of amides is 1. The largest absolute Gasteiger partial charge is 0.378 e. The van der Waals surface area contributed by atoms with Crippen LogP contribution in [0.3, 0.4) is 0 Å². The highest BCUT2D eigenvalue weighted by Gasteiger charge is 2.30. The van der Waals surface area contributed by atoms with Crippen LogP contribution in [0.15, 0.2) is 16.7 Å². The summed E-state index contributed by atoms with van der Waals surface area (Å²) >= 11 is 9.04. The highest BCUT2D eigenvalue weighted by atomic mass is 79.9. The smallest absolute Gasteiger partial charge is 0.230 e. The van der Waals surface area contributed by atoms with Gasteiger partial charge < -0.3 is 10.1 Å². The Balaban J connectivity index is 2.05. The fourth-order valence-corrected chi connectivity index (χ4v) is 2.25. The zero-order valence-corrected chi connectivity index (χ0v) is 11.6. The van der Waals surface area contributed by atoms with Gasteiger partial charge in [0.25, 0.3) is 0 Å². The second-order valence-electron chi connectivity index (χ2n) is 3.96. The Morgan fingerprint density at radius 3 is 3.06 bits per heavy atom. The number of nitrogens with one attached hydrogen (secondary N) is 1. The summed E-state index contributed by atoms with van der Waals surface area (Å²) in [4.78, 5) is 15.9. The van der Waals surface area contributed by atoms with Crippen LogP contribution >= 0.6 is 27.5 Å². The van der Waals surface area contributed by atoms with Crippen LogP contribution in [-0.2, 0) is 9.53 Å². The van der Waals surface area contributed by atoms with E-state index in [1.165, 1.54) is 6.20 Å². The topological polar surface area (TPSA) is 51.2 Å². The first-order valence-corrected chi connectivity index (χ1v) is 6.48. The number of pyridine rings is 1. The summed E-state index contributed by atoms with van der Waals surface area (Å²) in [6, 6.07) is 1.73. The minimum Gasteiger partial charge on any atom is -0.378 e. The molecule has 0 aliphatic carbocycles. The molecule has 1 amide bonds. The number of carbonyl (C=O) groups excluding carboxylic acids is 1. The minimum absolute atomic E-state index is 0.0290. The Hall–Kier alpha value is -0.650. The van der Waals surface area contributed by atoms with Crippen molar-refractivity contribution in [3.63, 3.8) is 0 Å². The van der Waals surface area contributed by atoms with E-state index in [0.29, 0.717) is 21.9 Å². The summed E-state index contributed by atoms with van der Waals surface area (Å²) in [6.07, 6.45) is 2.26. The van der Waals surface area contributed by atoms with Crippen molar-refractivity contribution in [2.45, 2.75) is 19.4 Å². The molecule has 2 atom stereocenters. The molecule has 1 aliphatic rings. The molecule has 2 unspecified atom stereocenters. The molecule has 0 bridgehead atoms. The molecule has 92 valence electrons. The van der Waals surface area contributed by atoms with Crippen LogP contribution in [-0.4, -0.2) is 23.6 Å². The number of rotatable bonds is 2. The summed E-state index contributed by atoms with van der Waals surface area (Å²) in [5.41, 5.74) is 0.630. The maximum atomic E-state index is 12.0. The molecule has 1 aromatic heterocycles. The van der Waals surface area contributed by atoms with Gasteiger partial charge in [0, 0.05) is 6.61 Å². The summed E-state index contributed by atoms with van der Waals surface area (Å²) in [5, 5.41) is 3.19. The van der Waals surface area contributed by atoms with Crippen LogP contribution in [0.1, 0.15) is 13.3 Å². The first-order valence-electron chi connectivity index (χ1n) is 5.31. The van der Waals surface area contributed by atoms with Crippen molar-refractivity contribution < 1.29 is 9.53 Å².